The van der Waals surface area contributed by atoms with Gasteiger partial charge >= 0.3 is 0 Å². The second kappa shape index (κ2) is 6.98. The molecule has 0 fully saturated rings. The van der Waals surface area contributed by atoms with Crippen LogP contribution in [0.4, 0.5) is 5.69 Å². The molecule has 4 heteroatoms. The zero-order valence-electron chi connectivity index (χ0n) is 9.15. The van der Waals surface area contributed by atoms with Gasteiger partial charge in [-0.2, -0.15) is 0 Å². The van der Waals surface area contributed by atoms with E-state index in [-0.39, 0.29) is 19.1 Å². The van der Waals surface area contributed by atoms with Crippen LogP contribution >= 0.6 is 0 Å². The summed E-state index contributed by atoms with van der Waals surface area (Å²) in [6.07, 6.45) is 1.69. The van der Waals surface area contributed by atoms with Crippen molar-refractivity contribution in [3.8, 4) is 0 Å². The van der Waals surface area contributed by atoms with Crippen LogP contribution < -0.4 is 5.32 Å². The van der Waals surface area contributed by atoms with E-state index in [0.29, 0.717) is 30.5 Å². The number of aliphatic hydroxyl groups is 2. The Hall–Kier alpha value is -1.39. The highest BCUT2D eigenvalue weighted by atomic mass is 16.3. The van der Waals surface area contributed by atoms with Gasteiger partial charge in [-0.15, -0.1) is 0 Å². The number of aliphatic hydroxyl groups excluding tert-OH is 2. The molecule has 0 saturated heterocycles. The molecule has 0 radical (unpaired) electrons. The minimum absolute atomic E-state index is 0.0886. The third-order valence-electron chi connectivity index (χ3n) is 2.27. The van der Waals surface area contributed by atoms with Gasteiger partial charge < -0.3 is 15.5 Å². The zero-order valence-corrected chi connectivity index (χ0v) is 9.15. The van der Waals surface area contributed by atoms with Gasteiger partial charge in [0.1, 0.15) is 0 Å². The van der Waals surface area contributed by atoms with Crippen LogP contribution in [-0.2, 0) is 11.4 Å². The molecule has 1 rings (SSSR count). The molecule has 1 amide bonds. The average Bonchev–Trinajstić information content (AvgIpc) is 2.30. The lowest BCUT2D eigenvalue weighted by Gasteiger charge is -2.08. The van der Waals surface area contributed by atoms with E-state index in [4.69, 9.17) is 10.2 Å². The van der Waals surface area contributed by atoms with Gasteiger partial charge in [-0.1, -0.05) is 18.2 Å². The maximum Gasteiger partial charge on any atom is 0.224 e. The van der Waals surface area contributed by atoms with E-state index in [0.717, 1.165) is 0 Å². The highest BCUT2D eigenvalue weighted by Gasteiger charge is 2.05. The fraction of sp³-hybridized carbons (Fsp3) is 0.417. The molecule has 0 aliphatic rings. The van der Waals surface area contributed by atoms with Gasteiger partial charge in [0.2, 0.25) is 5.91 Å². The molecule has 0 aliphatic heterocycles. The van der Waals surface area contributed by atoms with Crippen molar-refractivity contribution in [1.82, 2.24) is 0 Å². The Labute approximate surface area is 94.9 Å². The van der Waals surface area contributed by atoms with E-state index in [1.54, 1.807) is 12.1 Å². The average molecular weight is 223 g/mol. The molecule has 0 saturated carbocycles. The molecule has 1 aromatic rings. The van der Waals surface area contributed by atoms with Gasteiger partial charge in [-0.05, 0) is 18.9 Å². The van der Waals surface area contributed by atoms with Gasteiger partial charge in [-0.3, -0.25) is 4.79 Å². The van der Waals surface area contributed by atoms with Crippen LogP contribution in [0, 0.1) is 0 Å². The number of hydrogen-bond acceptors (Lipinski definition) is 3. The molecule has 16 heavy (non-hydrogen) atoms. The van der Waals surface area contributed by atoms with Gasteiger partial charge in [-0.25, -0.2) is 0 Å². The summed E-state index contributed by atoms with van der Waals surface area (Å²) in [6, 6.07) is 7.15. The summed E-state index contributed by atoms with van der Waals surface area (Å²) < 4.78 is 0. The highest BCUT2D eigenvalue weighted by molar-refractivity contribution is 5.91. The van der Waals surface area contributed by atoms with Crippen molar-refractivity contribution < 1.29 is 15.0 Å². The van der Waals surface area contributed by atoms with Crippen LogP contribution in [0.5, 0.6) is 0 Å². The molecule has 0 aliphatic carbocycles. The number of benzene rings is 1. The summed E-state index contributed by atoms with van der Waals surface area (Å²) in [5, 5.41) is 20.4. The molecule has 4 nitrogen and oxygen atoms in total. The van der Waals surface area contributed by atoms with E-state index in [9.17, 15) is 4.79 Å². The number of para-hydroxylation sites is 1. The Morgan fingerprint density at radius 3 is 2.62 bits per heavy atom. The molecule has 0 heterocycles. The zero-order chi connectivity index (χ0) is 11.8. The first-order chi connectivity index (χ1) is 7.77. The lowest BCUT2D eigenvalue weighted by atomic mass is 10.1. The quantitative estimate of drug-likeness (QED) is 0.636. The number of unbranched alkanes of at least 4 members (excludes halogenated alkanes) is 1. The molecule has 88 valence electrons. The van der Waals surface area contributed by atoms with Gasteiger partial charge in [0.05, 0.1) is 6.61 Å². The highest BCUT2D eigenvalue weighted by Crippen LogP contribution is 2.15. The fourth-order valence-electron chi connectivity index (χ4n) is 1.39. The van der Waals surface area contributed by atoms with Crippen LogP contribution in [0.15, 0.2) is 24.3 Å². The number of hydrogen-bond donors (Lipinski definition) is 3. The Morgan fingerprint density at radius 1 is 1.19 bits per heavy atom. The third kappa shape index (κ3) is 4.00. The summed E-state index contributed by atoms with van der Waals surface area (Å²) in [5.41, 5.74) is 1.36. The predicted molar refractivity (Wildman–Crippen MR) is 61.9 cm³/mol. The molecule has 1 aromatic carbocycles. The maximum absolute atomic E-state index is 11.5. The van der Waals surface area contributed by atoms with E-state index in [1.165, 1.54) is 0 Å². The monoisotopic (exact) mass is 223 g/mol. The Balaban J connectivity index is 2.49. The third-order valence-corrected chi connectivity index (χ3v) is 2.27. The molecule has 0 atom stereocenters. The lowest BCUT2D eigenvalue weighted by Crippen LogP contribution is -2.12. The second-order valence-electron chi connectivity index (χ2n) is 3.54. The summed E-state index contributed by atoms with van der Waals surface area (Å²) >= 11 is 0. The van der Waals surface area contributed by atoms with Gasteiger partial charge in [0, 0.05) is 24.3 Å². The summed E-state index contributed by atoms with van der Waals surface area (Å²) in [4.78, 5) is 11.5. The molecule has 0 spiro atoms. The number of carbonyl (C=O) groups excluding carboxylic acids is 1. The molecule has 0 unspecified atom stereocenters. The SMILES string of the molecule is O=C(CCCCO)Nc1ccccc1CO. The Morgan fingerprint density at radius 2 is 1.94 bits per heavy atom. The van der Waals surface area contributed by atoms with Crippen molar-refractivity contribution in [1.29, 1.82) is 0 Å². The van der Waals surface area contributed by atoms with Gasteiger partial charge in [0.15, 0.2) is 0 Å². The summed E-state index contributed by atoms with van der Waals surface area (Å²) in [6.45, 7) is 0.0214. The van der Waals surface area contributed by atoms with Crippen molar-refractivity contribution in [3.05, 3.63) is 29.8 Å². The minimum atomic E-state index is -0.0902. The maximum atomic E-state index is 11.5. The van der Waals surface area contributed by atoms with Crippen molar-refractivity contribution in [2.45, 2.75) is 25.9 Å². The van der Waals surface area contributed by atoms with Crippen molar-refractivity contribution in [2.24, 2.45) is 0 Å². The number of carbonyl (C=O) groups is 1. The Kier molecular flexibility index (Phi) is 5.53. The molecular weight excluding hydrogens is 206 g/mol. The first-order valence-electron chi connectivity index (χ1n) is 5.37. The molecule has 0 aromatic heterocycles. The van der Waals surface area contributed by atoms with Crippen molar-refractivity contribution in [3.63, 3.8) is 0 Å². The standard InChI is InChI=1S/C12H17NO3/c14-8-4-3-7-12(16)13-11-6-2-1-5-10(11)9-15/h1-2,5-6,14-15H,3-4,7-9H2,(H,13,16). The normalized spacial score (nSPS) is 10.1. The smallest absolute Gasteiger partial charge is 0.224 e. The largest absolute Gasteiger partial charge is 0.396 e. The van der Waals surface area contributed by atoms with Crippen LogP contribution in [0.25, 0.3) is 0 Å². The summed E-state index contributed by atoms with van der Waals surface area (Å²) in [5.74, 6) is -0.0886. The van der Waals surface area contributed by atoms with Crippen LogP contribution in [0.3, 0.4) is 0 Å². The number of nitrogens with one attached hydrogen (secondary N) is 1. The van der Waals surface area contributed by atoms with Crippen LogP contribution in [-0.4, -0.2) is 22.7 Å². The minimum Gasteiger partial charge on any atom is -0.396 e. The molecular formula is C12H17NO3. The topological polar surface area (TPSA) is 69.6 Å². The van der Waals surface area contributed by atoms with Crippen LogP contribution in [0.1, 0.15) is 24.8 Å². The predicted octanol–water partition coefficient (Wildman–Crippen LogP) is 1.28. The van der Waals surface area contributed by atoms with Crippen molar-refractivity contribution in [2.75, 3.05) is 11.9 Å². The van der Waals surface area contributed by atoms with E-state index in [2.05, 4.69) is 5.32 Å². The Bertz CT molecular complexity index is 339. The van der Waals surface area contributed by atoms with Crippen molar-refractivity contribution >= 4 is 11.6 Å². The number of rotatable bonds is 6. The van der Waals surface area contributed by atoms with E-state index < -0.39 is 0 Å². The second-order valence-corrected chi connectivity index (χ2v) is 3.54. The first-order valence-corrected chi connectivity index (χ1v) is 5.37. The lowest BCUT2D eigenvalue weighted by molar-refractivity contribution is -0.116. The van der Waals surface area contributed by atoms with Gasteiger partial charge in [0.25, 0.3) is 0 Å². The number of amides is 1. The van der Waals surface area contributed by atoms with E-state index in [1.807, 2.05) is 12.1 Å². The molecule has 0 bridgehead atoms. The molecule has 3 N–H and O–H groups in total. The fourth-order valence-corrected chi connectivity index (χ4v) is 1.39. The number of anilines is 1. The van der Waals surface area contributed by atoms with Crippen LogP contribution in [0.2, 0.25) is 0 Å². The summed E-state index contributed by atoms with van der Waals surface area (Å²) in [7, 11) is 0. The first kappa shape index (κ1) is 12.7. The van der Waals surface area contributed by atoms with E-state index >= 15 is 0 Å².